The van der Waals surface area contributed by atoms with Crippen molar-refractivity contribution in [3.05, 3.63) is 28.2 Å². The molecule has 1 aliphatic rings. The summed E-state index contributed by atoms with van der Waals surface area (Å²) in [4.78, 5) is 0.127. The van der Waals surface area contributed by atoms with Crippen molar-refractivity contribution in [2.24, 2.45) is 0 Å². The van der Waals surface area contributed by atoms with Gasteiger partial charge in [0.05, 0.1) is 17.6 Å². The van der Waals surface area contributed by atoms with E-state index in [4.69, 9.17) is 27.9 Å². The molecule has 7 heteroatoms. The summed E-state index contributed by atoms with van der Waals surface area (Å²) in [5, 5.41) is 0.623. The summed E-state index contributed by atoms with van der Waals surface area (Å²) in [6, 6.07) is 4.34. The molecule has 1 heterocycles. The Morgan fingerprint density at radius 1 is 1.32 bits per heavy atom. The van der Waals surface area contributed by atoms with Crippen LogP contribution in [0.3, 0.4) is 0 Å². The molecule has 106 valence electrons. The molecule has 0 amide bonds. The molecule has 19 heavy (non-hydrogen) atoms. The number of morpholine rings is 1. The first-order valence-corrected chi connectivity index (χ1v) is 8.21. The molecule has 0 aliphatic carbocycles. The van der Waals surface area contributed by atoms with Gasteiger partial charge in [-0.1, -0.05) is 30.1 Å². The SMILES string of the molecule is CC[C@@H]1CN(S(=O)(=O)c2cc(Cl)cc(Cl)c2)CCO1. The summed E-state index contributed by atoms with van der Waals surface area (Å²) in [6.07, 6.45) is 0.723. The highest BCUT2D eigenvalue weighted by atomic mass is 35.5. The lowest BCUT2D eigenvalue weighted by Crippen LogP contribution is -2.45. The highest BCUT2D eigenvalue weighted by Crippen LogP contribution is 2.26. The molecule has 1 atom stereocenters. The van der Waals surface area contributed by atoms with Gasteiger partial charge in [0.15, 0.2) is 0 Å². The molecular weight excluding hydrogens is 309 g/mol. The summed E-state index contributed by atoms with van der Waals surface area (Å²) in [5.41, 5.74) is 0. The van der Waals surface area contributed by atoms with Crippen molar-refractivity contribution < 1.29 is 13.2 Å². The monoisotopic (exact) mass is 323 g/mol. The van der Waals surface area contributed by atoms with E-state index in [1.165, 1.54) is 22.5 Å². The number of ether oxygens (including phenoxy) is 1. The maximum atomic E-state index is 12.5. The summed E-state index contributed by atoms with van der Waals surface area (Å²) < 4.78 is 31.9. The molecule has 1 aromatic rings. The molecular formula is C12H15Cl2NO3S. The Morgan fingerprint density at radius 2 is 1.95 bits per heavy atom. The molecule has 1 aliphatic heterocycles. The summed E-state index contributed by atoms with van der Waals surface area (Å²) in [5.74, 6) is 0. The Balaban J connectivity index is 2.31. The Hall–Kier alpha value is -0.330. The van der Waals surface area contributed by atoms with Gasteiger partial charge in [-0.05, 0) is 24.6 Å². The van der Waals surface area contributed by atoms with Gasteiger partial charge in [0.25, 0.3) is 0 Å². The van der Waals surface area contributed by atoms with Crippen LogP contribution in [0.1, 0.15) is 13.3 Å². The lowest BCUT2D eigenvalue weighted by atomic mass is 10.2. The Morgan fingerprint density at radius 3 is 2.53 bits per heavy atom. The van der Waals surface area contributed by atoms with E-state index < -0.39 is 10.0 Å². The van der Waals surface area contributed by atoms with E-state index in [2.05, 4.69) is 0 Å². The fourth-order valence-corrected chi connectivity index (χ4v) is 4.17. The van der Waals surface area contributed by atoms with Crippen LogP contribution in [0.2, 0.25) is 10.0 Å². The lowest BCUT2D eigenvalue weighted by molar-refractivity contribution is -0.00277. The van der Waals surface area contributed by atoms with E-state index in [9.17, 15) is 8.42 Å². The maximum absolute atomic E-state index is 12.5. The quantitative estimate of drug-likeness (QED) is 0.859. The van der Waals surface area contributed by atoms with E-state index in [1.54, 1.807) is 0 Å². The van der Waals surface area contributed by atoms with Gasteiger partial charge in [0.2, 0.25) is 10.0 Å². The van der Waals surface area contributed by atoms with Crippen LogP contribution in [0.5, 0.6) is 0 Å². The molecule has 0 N–H and O–H groups in total. The predicted molar refractivity (Wildman–Crippen MR) is 75.3 cm³/mol. The van der Waals surface area contributed by atoms with E-state index in [-0.39, 0.29) is 11.0 Å². The van der Waals surface area contributed by atoms with Crippen molar-refractivity contribution in [1.29, 1.82) is 0 Å². The normalized spacial score (nSPS) is 21.5. The third-order valence-electron chi connectivity index (χ3n) is 3.03. The first-order valence-electron chi connectivity index (χ1n) is 6.01. The van der Waals surface area contributed by atoms with Crippen molar-refractivity contribution in [1.82, 2.24) is 4.31 Å². The molecule has 0 bridgehead atoms. The standard InChI is InChI=1S/C12H15Cl2NO3S/c1-2-11-8-15(3-4-18-11)19(16,17)12-6-9(13)5-10(14)7-12/h5-7,11H,2-4,8H2,1H3/t11-/m1/s1. The molecule has 0 radical (unpaired) electrons. The summed E-state index contributed by atoms with van der Waals surface area (Å²) in [7, 11) is -3.57. The van der Waals surface area contributed by atoms with Crippen molar-refractivity contribution in [3.63, 3.8) is 0 Å². The van der Waals surface area contributed by atoms with Gasteiger partial charge in [0.1, 0.15) is 0 Å². The van der Waals surface area contributed by atoms with Crippen molar-refractivity contribution in [2.75, 3.05) is 19.7 Å². The third-order valence-corrected chi connectivity index (χ3v) is 5.31. The molecule has 0 unspecified atom stereocenters. The number of hydrogen-bond donors (Lipinski definition) is 0. The van der Waals surface area contributed by atoms with Crippen LogP contribution in [-0.4, -0.2) is 38.5 Å². The molecule has 2 rings (SSSR count). The first kappa shape index (κ1) is 15.1. The van der Waals surface area contributed by atoms with Crippen LogP contribution in [0.25, 0.3) is 0 Å². The van der Waals surface area contributed by atoms with E-state index >= 15 is 0 Å². The minimum Gasteiger partial charge on any atom is -0.375 e. The molecule has 0 aromatic heterocycles. The second-order valence-corrected chi connectivity index (χ2v) is 7.18. The average molecular weight is 324 g/mol. The molecule has 0 saturated carbocycles. The van der Waals surface area contributed by atoms with E-state index in [0.29, 0.717) is 29.7 Å². The Bertz CT molecular complexity index is 542. The smallest absolute Gasteiger partial charge is 0.243 e. The van der Waals surface area contributed by atoms with Crippen LogP contribution in [0, 0.1) is 0 Å². The number of benzene rings is 1. The van der Waals surface area contributed by atoms with Crippen LogP contribution in [0.4, 0.5) is 0 Å². The molecule has 0 spiro atoms. The minimum atomic E-state index is -3.57. The van der Waals surface area contributed by atoms with Gasteiger partial charge < -0.3 is 4.74 Å². The maximum Gasteiger partial charge on any atom is 0.243 e. The topological polar surface area (TPSA) is 46.6 Å². The number of sulfonamides is 1. The average Bonchev–Trinajstić information content (AvgIpc) is 2.37. The van der Waals surface area contributed by atoms with Gasteiger partial charge in [-0.15, -0.1) is 0 Å². The number of halogens is 2. The first-order chi connectivity index (χ1) is 8.93. The zero-order valence-corrected chi connectivity index (χ0v) is 12.8. The number of hydrogen-bond acceptors (Lipinski definition) is 3. The molecule has 1 fully saturated rings. The highest BCUT2D eigenvalue weighted by molar-refractivity contribution is 7.89. The zero-order valence-electron chi connectivity index (χ0n) is 10.5. The van der Waals surface area contributed by atoms with Gasteiger partial charge in [-0.2, -0.15) is 4.31 Å². The second kappa shape index (κ2) is 5.97. The van der Waals surface area contributed by atoms with Crippen molar-refractivity contribution >= 4 is 33.2 Å². The summed E-state index contributed by atoms with van der Waals surface area (Å²) in [6.45, 7) is 3.09. The fraction of sp³-hybridized carbons (Fsp3) is 0.500. The molecule has 4 nitrogen and oxygen atoms in total. The van der Waals surface area contributed by atoms with Crippen LogP contribution in [-0.2, 0) is 14.8 Å². The van der Waals surface area contributed by atoms with Crippen molar-refractivity contribution in [2.45, 2.75) is 24.3 Å². The van der Waals surface area contributed by atoms with Crippen molar-refractivity contribution in [3.8, 4) is 0 Å². The highest BCUT2D eigenvalue weighted by Gasteiger charge is 2.30. The van der Waals surface area contributed by atoms with E-state index in [1.807, 2.05) is 6.92 Å². The number of rotatable bonds is 3. The number of nitrogens with zero attached hydrogens (tertiary/aromatic N) is 1. The minimum absolute atomic E-state index is 0.0572. The van der Waals surface area contributed by atoms with E-state index in [0.717, 1.165) is 6.42 Å². The Labute approximate surface area is 123 Å². The van der Waals surface area contributed by atoms with Crippen LogP contribution < -0.4 is 0 Å². The van der Waals surface area contributed by atoms with Gasteiger partial charge >= 0.3 is 0 Å². The zero-order chi connectivity index (χ0) is 14.0. The lowest BCUT2D eigenvalue weighted by Gasteiger charge is -2.31. The molecule has 1 saturated heterocycles. The van der Waals surface area contributed by atoms with Crippen LogP contribution >= 0.6 is 23.2 Å². The summed E-state index contributed by atoms with van der Waals surface area (Å²) >= 11 is 11.7. The second-order valence-electron chi connectivity index (χ2n) is 4.37. The van der Waals surface area contributed by atoms with Gasteiger partial charge in [-0.25, -0.2) is 8.42 Å². The van der Waals surface area contributed by atoms with Gasteiger partial charge in [0, 0.05) is 23.1 Å². The predicted octanol–water partition coefficient (Wildman–Crippen LogP) is 2.79. The molecule has 1 aromatic carbocycles. The largest absolute Gasteiger partial charge is 0.375 e. The van der Waals surface area contributed by atoms with Gasteiger partial charge in [-0.3, -0.25) is 0 Å². The fourth-order valence-electron chi connectivity index (χ4n) is 1.98. The Kier molecular flexibility index (Phi) is 4.74. The third kappa shape index (κ3) is 3.41. The van der Waals surface area contributed by atoms with Crippen LogP contribution in [0.15, 0.2) is 23.1 Å².